The fraction of sp³-hybridized carbons (Fsp3) is 0.133. The lowest BCUT2D eigenvalue weighted by atomic mass is 10.0. The van der Waals surface area contributed by atoms with Crippen molar-refractivity contribution in [1.29, 1.82) is 0 Å². The molecule has 1 aromatic carbocycles. The molecule has 0 fully saturated rings. The zero-order valence-electron chi connectivity index (χ0n) is 11.0. The average Bonchev–Trinajstić information content (AvgIpc) is 2.88. The van der Waals surface area contributed by atoms with Crippen LogP contribution in [-0.4, -0.2) is 27.0 Å². The molecule has 0 bridgehead atoms. The van der Waals surface area contributed by atoms with E-state index in [-0.39, 0.29) is 17.2 Å². The topological polar surface area (TPSA) is 59.8 Å². The van der Waals surface area contributed by atoms with Crippen molar-refractivity contribution in [3.63, 3.8) is 0 Å². The maximum absolute atomic E-state index is 12.1. The Morgan fingerprint density at radius 3 is 2.90 bits per heavy atom. The molecule has 0 saturated heterocycles. The Morgan fingerprint density at radius 2 is 2.10 bits per heavy atom. The van der Waals surface area contributed by atoms with Crippen LogP contribution in [-0.2, 0) is 0 Å². The smallest absolute Gasteiger partial charge is 0.268 e. The normalized spacial score (nSPS) is 17.6. The van der Waals surface area contributed by atoms with Crippen molar-refractivity contribution < 1.29 is 4.79 Å². The van der Waals surface area contributed by atoms with Crippen LogP contribution >= 0.6 is 11.6 Å². The van der Waals surface area contributed by atoms with Crippen LogP contribution in [0.4, 0.5) is 0 Å². The maximum atomic E-state index is 12.1. The minimum Gasteiger partial charge on any atom is -0.348 e. The van der Waals surface area contributed by atoms with Crippen LogP contribution in [0.5, 0.6) is 0 Å². The molecule has 104 valence electrons. The van der Waals surface area contributed by atoms with Crippen LogP contribution in [0.1, 0.15) is 22.1 Å². The fourth-order valence-electron chi connectivity index (χ4n) is 2.79. The summed E-state index contributed by atoms with van der Waals surface area (Å²) in [6, 6.07) is 11.8. The lowest BCUT2D eigenvalue weighted by Crippen LogP contribution is -2.39. The maximum Gasteiger partial charge on any atom is 0.268 e. The summed E-state index contributed by atoms with van der Waals surface area (Å²) in [5.74, 6) is -0.101. The summed E-state index contributed by atoms with van der Waals surface area (Å²) in [7, 11) is 0. The molecule has 1 amide bonds. The summed E-state index contributed by atoms with van der Waals surface area (Å²) in [4.78, 5) is 20.4. The Morgan fingerprint density at radius 1 is 1.29 bits per heavy atom. The number of nitrogens with one attached hydrogen (secondary N) is 1. The standard InChI is InChI=1S/C15H11ClN4O/c16-15-18-7-10-6-11-14(21)17-8-12(20(11)13(10)19-15)9-4-2-1-3-5-9/h1-7,12H,8H2,(H,17,21). The molecule has 0 saturated carbocycles. The van der Waals surface area contributed by atoms with E-state index in [1.165, 1.54) is 0 Å². The van der Waals surface area contributed by atoms with Crippen molar-refractivity contribution in [1.82, 2.24) is 19.9 Å². The van der Waals surface area contributed by atoms with E-state index in [1.807, 2.05) is 34.9 Å². The molecule has 21 heavy (non-hydrogen) atoms. The molecule has 0 aliphatic carbocycles. The Hall–Kier alpha value is -2.40. The molecule has 5 nitrogen and oxygen atoms in total. The highest BCUT2D eigenvalue weighted by Gasteiger charge is 2.28. The fourth-order valence-corrected chi connectivity index (χ4v) is 2.92. The zero-order chi connectivity index (χ0) is 14.4. The van der Waals surface area contributed by atoms with Gasteiger partial charge in [-0.3, -0.25) is 4.79 Å². The first-order valence-electron chi connectivity index (χ1n) is 6.60. The highest BCUT2D eigenvalue weighted by atomic mass is 35.5. The number of carbonyl (C=O) groups is 1. The van der Waals surface area contributed by atoms with Crippen molar-refractivity contribution in [2.24, 2.45) is 0 Å². The lowest BCUT2D eigenvalue weighted by molar-refractivity contribution is 0.0922. The molecule has 1 aliphatic heterocycles. The molecule has 0 radical (unpaired) electrons. The van der Waals surface area contributed by atoms with E-state index in [9.17, 15) is 4.79 Å². The Labute approximate surface area is 125 Å². The van der Waals surface area contributed by atoms with Gasteiger partial charge in [-0.25, -0.2) is 4.98 Å². The van der Waals surface area contributed by atoms with Gasteiger partial charge in [-0.1, -0.05) is 30.3 Å². The van der Waals surface area contributed by atoms with E-state index < -0.39 is 0 Å². The van der Waals surface area contributed by atoms with Gasteiger partial charge in [0.1, 0.15) is 11.3 Å². The second-order valence-electron chi connectivity index (χ2n) is 4.95. The summed E-state index contributed by atoms with van der Waals surface area (Å²) in [5, 5.41) is 3.92. The van der Waals surface area contributed by atoms with Crippen LogP contribution in [0.2, 0.25) is 5.28 Å². The van der Waals surface area contributed by atoms with Gasteiger partial charge in [-0.2, -0.15) is 4.98 Å². The van der Waals surface area contributed by atoms with Crippen molar-refractivity contribution in [2.75, 3.05) is 6.54 Å². The first-order valence-corrected chi connectivity index (χ1v) is 6.98. The largest absolute Gasteiger partial charge is 0.348 e. The van der Waals surface area contributed by atoms with Gasteiger partial charge in [0.2, 0.25) is 5.28 Å². The molecule has 4 rings (SSSR count). The highest BCUT2D eigenvalue weighted by Crippen LogP contribution is 2.29. The van der Waals surface area contributed by atoms with E-state index >= 15 is 0 Å². The number of aromatic nitrogens is 3. The Bertz CT molecular complexity index is 844. The van der Waals surface area contributed by atoms with E-state index in [4.69, 9.17) is 11.6 Å². The van der Waals surface area contributed by atoms with Gasteiger partial charge in [0.05, 0.1) is 6.04 Å². The van der Waals surface area contributed by atoms with Gasteiger partial charge in [0, 0.05) is 18.1 Å². The van der Waals surface area contributed by atoms with Crippen molar-refractivity contribution in [2.45, 2.75) is 6.04 Å². The van der Waals surface area contributed by atoms with E-state index in [2.05, 4.69) is 15.3 Å². The molecule has 1 atom stereocenters. The Kier molecular flexibility index (Phi) is 2.68. The molecule has 1 unspecified atom stereocenters. The summed E-state index contributed by atoms with van der Waals surface area (Å²) >= 11 is 5.91. The first-order chi connectivity index (χ1) is 10.2. The van der Waals surface area contributed by atoms with Crippen LogP contribution < -0.4 is 5.32 Å². The van der Waals surface area contributed by atoms with Crippen molar-refractivity contribution in [3.8, 4) is 0 Å². The van der Waals surface area contributed by atoms with Crippen LogP contribution in [0.25, 0.3) is 11.0 Å². The zero-order valence-corrected chi connectivity index (χ0v) is 11.7. The molecular formula is C15H11ClN4O. The van der Waals surface area contributed by atoms with Gasteiger partial charge in [-0.15, -0.1) is 0 Å². The number of carbonyl (C=O) groups excluding carboxylic acids is 1. The number of halogens is 1. The van der Waals surface area contributed by atoms with E-state index in [1.54, 1.807) is 12.3 Å². The van der Waals surface area contributed by atoms with Crippen LogP contribution in [0, 0.1) is 0 Å². The van der Waals surface area contributed by atoms with Crippen molar-refractivity contribution >= 4 is 28.5 Å². The quantitative estimate of drug-likeness (QED) is 0.702. The number of hydrogen-bond acceptors (Lipinski definition) is 3. The first kappa shape index (κ1) is 12.3. The summed E-state index contributed by atoms with van der Waals surface area (Å²) in [6.07, 6.45) is 1.64. The van der Waals surface area contributed by atoms with E-state index in [0.717, 1.165) is 10.9 Å². The van der Waals surface area contributed by atoms with Gasteiger partial charge < -0.3 is 9.88 Å². The summed E-state index contributed by atoms with van der Waals surface area (Å²) in [5.41, 5.74) is 2.39. The van der Waals surface area contributed by atoms with Gasteiger partial charge in [0.15, 0.2) is 0 Å². The monoisotopic (exact) mass is 298 g/mol. The lowest BCUT2D eigenvalue weighted by Gasteiger charge is -2.27. The highest BCUT2D eigenvalue weighted by molar-refractivity contribution is 6.28. The number of fused-ring (bicyclic) bond motifs is 3. The van der Waals surface area contributed by atoms with E-state index in [0.29, 0.717) is 17.9 Å². The number of benzene rings is 1. The predicted octanol–water partition coefficient (Wildman–Crippen LogP) is 2.42. The molecule has 2 aromatic heterocycles. The average molecular weight is 299 g/mol. The minimum atomic E-state index is -0.101. The minimum absolute atomic E-state index is 0.00219. The predicted molar refractivity (Wildman–Crippen MR) is 79.5 cm³/mol. The third kappa shape index (κ3) is 1.89. The van der Waals surface area contributed by atoms with Gasteiger partial charge in [-0.05, 0) is 23.2 Å². The third-order valence-electron chi connectivity index (χ3n) is 3.73. The number of nitrogens with zero attached hydrogens (tertiary/aromatic N) is 3. The number of amides is 1. The van der Waals surface area contributed by atoms with Crippen LogP contribution in [0.3, 0.4) is 0 Å². The second-order valence-corrected chi connectivity index (χ2v) is 5.29. The number of hydrogen-bond donors (Lipinski definition) is 1. The molecule has 1 aliphatic rings. The Balaban J connectivity index is 2.00. The molecule has 3 heterocycles. The molecule has 0 spiro atoms. The molecule has 6 heteroatoms. The molecule has 1 N–H and O–H groups in total. The SMILES string of the molecule is O=C1NCC(c2ccccc2)n2c1cc1cnc(Cl)nc12. The second kappa shape index (κ2) is 4.56. The summed E-state index contributed by atoms with van der Waals surface area (Å²) < 4.78 is 1.94. The third-order valence-corrected chi connectivity index (χ3v) is 3.91. The molecule has 3 aromatic rings. The molecular weight excluding hydrogens is 288 g/mol. The van der Waals surface area contributed by atoms with Crippen molar-refractivity contribution in [3.05, 3.63) is 59.1 Å². The van der Waals surface area contributed by atoms with Gasteiger partial charge in [0.25, 0.3) is 5.91 Å². The number of rotatable bonds is 1. The summed E-state index contributed by atoms with van der Waals surface area (Å²) in [6.45, 7) is 0.529. The van der Waals surface area contributed by atoms with Gasteiger partial charge >= 0.3 is 0 Å². The van der Waals surface area contributed by atoms with Crippen LogP contribution in [0.15, 0.2) is 42.6 Å².